The van der Waals surface area contributed by atoms with Crippen molar-refractivity contribution >= 4 is 65.4 Å². The minimum absolute atomic E-state index is 0.125. The average Bonchev–Trinajstić information content (AvgIpc) is 3.41. The van der Waals surface area contributed by atoms with Crippen LogP contribution < -0.4 is 0 Å². The third-order valence-corrected chi connectivity index (χ3v) is 10.1. The number of rotatable bonds is 6. The normalized spacial score (nSPS) is 14.8. The van der Waals surface area contributed by atoms with Crippen LogP contribution in [-0.4, -0.2) is 14.5 Å². The van der Waals surface area contributed by atoms with Gasteiger partial charge in [0.2, 0.25) is 5.95 Å². The molecule has 0 N–H and O–H groups in total. The molecule has 5 aromatic carbocycles. The zero-order valence-electron chi connectivity index (χ0n) is 28.3. The first-order valence-electron chi connectivity index (χ1n) is 16.9. The summed E-state index contributed by atoms with van der Waals surface area (Å²) in [5, 5.41) is 8.47. The topological polar surface area (TPSA) is 30.7 Å². The summed E-state index contributed by atoms with van der Waals surface area (Å²) < 4.78 is 2.29. The Labute approximate surface area is 282 Å². The largest absolute Gasteiger partial charge is 0.278 e. The van der Waals surface area contributed by atoms with Gasteiger partial charge in [0.25, 0.3) is 0 Å². The van der Waals surface area contributed by atoms with Gasteiger partial charge in [-0.2, -0.15) is 0 Å². The number of hydrogen-bond acceptors (Lipinski definition) is 2. The minimum Gasteiger partial charge on any atom is -0.278 e. The van der Waals surface area contributed by atoms with E-state index in [1.807, 2.05) is 43.4 Å². The quantitative estimate of drug-likeness (QED) is 0.173. The molecular formula is C45H39N3. The molecule has 2 heterocycles. The van der Waals surface area contributed by atoms with Crippen molar-refractivity contribution in [2.75, 3.05) is 0 Å². The first-order valence-corrected chi connectivity index (χ1v) is 16.9. The monoisotopic (exact) mass is 621 g/mol. The Morgan fingerprint density at radius 2 is 1.50 bits per heavy atom. The average molecular weight is 622 g/mol. The maximum Gasteiger partial charge on any atom is 0.235 e. The Morgan fingerprint density at radius 1 is 0.771 bits per heavy atom. The van der Waals surface area contributed by atoms with E-state index in [1.54, 1.807) is 0 Å². The van der Waals surface area contributed by atoms with Gasteiger partial charge in [0.05, 0.1) is 22.2 Å². The summed E-state index contributed by atoms with van der Waals surface area (Å²) in [4.78, 5) is 10.6. The van der Waals surface area contributed by atoms with Gasteiger partial charge in [0.15, 0.2) is 0 Å². The first-order chi connectivity index (χ1) is 23.4. The van der Waals surface area contributed by atoms with Crippen molar-refractivity contribution in [2.24, 2.45) is 0 Å². The highest BCUT2D eigenvalue weighted by atomic mass is 15.2. The van der Waals surface area contributed by atoms with E-state index >= 15 is 0 Å². The van der Waals surface area contributed by atoms with Gasteiger partial charge in [-0.25, -0.2) is 9.97 Å². The molecule has 0 saturated heterocycles. The third-order valence-electron chi connectivity index (χ3n) is 10.1. The van der Waals surface area contributed by atoms with Crippen molar-refractivity contribution in [3.63, 3.8) is 0 Å². The fourth-order valence-corrected chi connectivity index (χ4v) is 7.94. The molecule has 48 heavy (non-hydrogen) atoms. The molecule has 3 heteroatoms. The van der Waals surface area contributed by atoms with Crippen LogP contribution in [0.25, 0.3) is 71.3 Å². The van der Waals surface area contributed by atoms with Crippen LogP contribution in [0.2, 0.25) is 0 Å². The van der Waals surface area contributed by atoms with Crippen LogP contribution in [0, 0.1) is 0 Å². The van der Waals surface area contributed by atoms with Crippen LogP contribution in [0.1, 0.15) is 57.9 Å². The van der Waals surface area contributed by atoms with Gasteiger partial charge in [-0.15, -0.1) is 0 Å². The van der Waals surface area contributed by atoms with E-state index in [0.717, 1.165) is 39.6 Å². The molecule has 0 fully saturated rings. The summed E-state index contributed by atoms with van der Waals surface area (Å²) in [5.74, 6) is 0.647. The van der Waals surface area contributed by atoms with Gasteiger partial charge in [-0.05, 0) is 93.9 Å². The number of benzene rings is 5. The molecule has 8 rings (SSSR count). The van der Waals surface area contributed by atoms with Crippen LogP contribution in [0.5, 0.6) is 0 Å². The van der Waals surface area contributed by atoms with Gasteiger partial charge in [-0.3, -0.25) is 4.57 Å². The second-order valence-electron chi connectivity index (χ2n) is 13.3. The zero-order valence-corrected chi connectivity index (χ0v) is 28.3. The molecule has 1 aliphatic carbocycles. The predicted octanol–water partition coefficient (Wildman–Crippen LogP) is 12.2. The fraction of sp³-hybridized carbons (Fsp3) is 0.156. The van der Waals surface area contributed by atoms with Crippen LogP contribution in [0.3, 0.4) is 0 Å². The molecule has 0 radical (unpaired) electrons. The number of fused-ring (bicyclic) bond motifs is 6. The maximum atomic E-state index is 5.33. The van der Waals surface area contributed by atoms with Crippen molar-refractivity contribution in [1.29, 1.82) is 0 Å². The molecule has 3 nitrogen and oxygen atoms in total. The fourth-order valence-electron chi connectivity index (χ4n) is 7.94. The molecule has 0 unspecified atom stereocenters. The van der Waals surface area contributed by atoms with E-state index in [2.05, 4.69) is 124 Å². The Bertz CT molecular complexity index is 2600. The lowest BCUT2D eigenvalue weighted by atomic mass is 9.67. The number of aromatic nitrogens is 3. The maximum absolute atomic E-state index is 5.33. The summed E-state index contributed by atoms with van der Waals surface area (Å²) >= 11 is 0. The second-order valence-corrected chi connectivity index (χ2v) is 13.3. The molecule has 0 bridgehead atoms. The van der Waals surface area contributed by atoms with Gasteiger partial charge in [-0.1, -0.05) is 124 Å². The van der Waals surface area contributed by atoms with E-state index in [4.69, 9.17) is 9.97 Å². The number of allylic oxidation sites excluding steroid dienone is 9. The second kappa shape index (κ2) is 11.3. The molecule has 0 atom stereocenters. The number of para-hydroxylation sites is 1. The van der Waals surface area contributed by atoms with E-state index in [9.17, 15) is 0 Å². The number of nitrogens with zero attached hydrogens (tertiary/aromatic N) is 3. The lowest BCUT2D eigenvalue weighted by Gasteiger charge is -2.36. The molecule has 7 aromatic rings. The smallest absolute Gasteiger partial charge is 0.235 e. The Balaban J connectivity index is 1.59. The van der Waals surface area contributed by atoms with Crippen LogP contribution in [0.15, 0.2) is 134 Å². The third kappa shape index (κ3) is 4.34. The molecule has 2 aromatic heterocycles. The highest BCUT2D eigenvalue weighted by molar-refractivity contribution is 6.23. The van der Waals surface area contributed by atoms with E-state index < -0.39 is 0 Å². The van der Waals surface area contributed by atoms with Gasteiger partial charge < -0.3 is 0 Å². The molecule has 1 aliphatic rings. The van der Waals surface area contributed by atoms with E-state index in [1.165, 1.54) is 54.6 Å². The predicted molar refractivity (Wildman–Crippen MR) is 207 cm³/mol. The van der Waals surface area contributed by atoms with Gasteiger partial charge in [0, 0.05) is 21.6 Å². The van der Waals surface area contributed by atoms with E-state index in [0.29, 0.717) is 5.95 Å². The lowest BCUT2D eigenvalue weighted by molar-refractivity contribution is 0.641. The standard InChI is InChI=1S/C45H39N3/c1-7-10-11-18-28(4)43-33-22-14-15-24-37(33)46-44(47-43)48-38-26-30-20-13-12-19-29(30)25-34(38)41-39(48)27-31-21-16-23-36-40(31)42(41)32(9-3)35(17-8-2)45(36,5)6/h7-8,10-27H,4,9H2,1-3,5-6H3/b10-7-,17-8-,18-11-. The summed E-state index contributed by atoms with van der Waals surface area (Å²) in [6.07, 6.45) is 13.5. The van der Waals surface area contributed by atoms with Crippen molar-refractivity contribution in [1.82, 2.24) is 14.5 Å². The van der Waals surface area contributed by atoms with Crippen molar-refractivity contribution < 1.29 is 0 Å². The van der Waals surface area contributed by atoms with Gasteiger partial charge >= 0.3 is 0 Å². The first kappa shape index (κ1) is 29.8. The Morgan fingerprint density at radius 3 is 2.27 bits per heavy atom. The van der Waals surface area contributed by atoms with Crippen molar-refractivity contribution in [2.45, 2.75) is 46.5 Å². The molecule has 0 saturated carbocycles. The SMILES string of the molecule is C=C(/C=C\C=C/C)c1nc(-n2c3cc4ccccc4cc3c3c4c5c(cccc5cc32)C(C)(C)C(/C=C\C)=C4CC)nc2ccccc12. The Kier molecular flexibility index (Phi) is 7.03. The van der Waals surface area contributed by atoms with Crippen LogP contribution in [0.4, 0.5) is 0 Å². The lowest BCUT2D eigenvalue weighted by Crippen LogP contribution is -2.24. The molecule has 0 aliphatic heterocycles. The highest BCUT2D eigenvalue weighted by Crippen LogP contribution is 2.52. The van der Waals surface area contributed by atoms with E-state index in [-0.39, 0.29) is 5.41 Å². The molecule has 0 spiro atoms. The van der Waals surface area contributed by atoms with Gasteiger partial charge in [0.1, 0.15) is 0 Å². The molecule has 0 amide bonds. The Hall–Kier alpha value is -5.54. The summed E-state index contributed by atoms with van der Waals surface area (Å²) in [6.45, 7) is 15.6. The zero-order chi connectivity index (χ0) is 33.2. The summed E-state index contributed by atoms with van der Waals surface area (Å²) in [5.41, 5.74) is 10.2. The van der Waals surface area contributed by atoms with Crippen molar-refractivity contribution in [3.05, 3.63) is 150 Å². The number of hydrogen-bond donors (Lipinski definition) is 0. The van der Waals surface area contributed by atoms with Crippen LogP contribution >= 0.6 is 0 Å². The highest BCUT2D eigenvalue weighted by Gasteiger charge is 2.35. The molecule has 234 valence electrons. The molecular weight excluding hydrogens is 583 g/mol. The van der Waals surface area contributed by atoms with Crippen LogP contribution in [-0.2, 0) is 5.41 Å². The summed E-state index contributed by atoms with van der Waals surface area (Å²) in [6, 6.07) is 30.8. The van der Waals surface area contributed by atoms with Crippen molar-refractivity contribution in [3.8, 4) is 5.95 Å². The summed E-state index contributed by atoms with van der Waals surface area (Å²) in [7, 11) is 0. The minimum atomic E-state index is -0.125.